The summed E-state index contributed by atoms with van der Waals surface area (Å²) in [5.41, 5.74) is 3.11. The molecule has 2 aromatic heterocycles. The fourth-order valence-electron chi connectivity index (χ4n) is 2.48. The Labute approximate surface area is 147 Å². The molecular formula is C19H21N5O. The minimum absolute atomic E-state index is 0.650. The SMILES string of the molecule is COc1ccc(C)cc1Nc1cc(NCc2cccnc2)nc(C)n1. The number of nitrogens with zero attached hydrogens (tertiary/aromatic N) is 3. The highest BCUT2D eigenvalue weighted by Gasteiger charge is 2.07. The van der Waals surface area contributed by atoms with Gasteiger partial charge in [0.15, 0.2) is 0 Å². The first-order chi connectivity index (χ1) is 12.1. The molecule has 0 aliphatic rings. The zero-order valence-corrected chi connectivity index (χ0v) is 14.6. The Kier molecular flexibility index (Phi) is 5.09. The van der Waals surface area contributed by atoms with Crippen LogP contribution in [-0.2, 0) is 6.54 Å². The predicted molar refractivity (Wildman–Crippen MR) is 99.3 cm³/mol. The third-order valence-corrected chi connectivity index (χ3v) is 3.65. The number of hydrogen-bond acceptors (Lipinski definition) is 6. The Bertz CT molecular complexity index is 852. The second-order valence-electron chi connectivity index (χ2n) is 5.73. The quantitative estimate of drug-likeness (QED) is 0.713. The van der Waals surface area contributed by atoms with E-state index < -0.39 is 0 Å². The van der Waals surface area contributed by atoms with Crippen molar-refractivity contribution in [1.82, 2.24) is 15.0 Å². The average Bonchev–Trinajstić information content (AvgIpc) is 2.61. The number of anilines is 3. The van der Waals surface area contributed by atoms with E-state index in [1.165, 1.54) is 0 Å². The number of ether oxygens (including phenoxy) is 1. The summed E-state index contributed by atoms with van der Waals surface area (Å²) in [5, 5.41) is 6.62. The maximum absolute atomic E-state index is 5.41. The Hall–Kier alpha value is -3.15. The molecule has 0 bridgehead atoms. The molecule has 1 aromatic carbocycles. The second-order valence-corrected chi connectivity index (χ2v) is 5.73. The van der Waals surface area contributed by atoms with Crippen LogP contribution in [0.2, 0.25) is 0 Å². The Morgan fingerprint density at radius 1 is 1.04 bits per heavy atom. The molecule has 0 unspecified atom stereocenters. The number of aryl methyl sites for hydroxylation is 2. The van der Waals surface area contributed by atoms with E-state index in [1.54, 1.807) is 13.3 Å². The number of methoxy groups -OCH3 is 1. The maximum Gasteiger partial charge on any atom is 0.142 e. The molecule has 0 amide bonds. The third-order valence-electron chi connectivity index (χ3n) is 3.65. The average molecular weight is 335 g/mol. The molecule has 128 valence electrons. The highest BCUT2D eigenvalue weighted by molar-refractivity contribution is 5.66. The fourth-order valence-corrected chi connectivity index (χ4v) is 2.48. The minimum atomic E-state index is 0.650. The van der Waals surface area contributed by atoms with Crippen molar-refractivity contribution >= 4 is 17.3 Å². The second kappa shape index (κ2) is 7.61. The molecule has 25 heavy (non-hydrogen) atoms. The maximum atomic E-state index is 5.41. The van der Waals surface area contributed by atoms with Crippen molar-refractivity contribution in [3.05, 3.63) is 65.7 Å². The van der Waals surface area contributed by atoms with E-state index in [0.29, 0.717) is 18.2 Å². The van der Waals surface area contributed by atoms with Crippen LogP contribution in [0, 0.1) is 13.8 Å². The molecule has 0 saturated heterocycles. The van der Waals surface area contributed by atoms with Gasteiger partial charge >= 0.3 is 0 Å². The molecule has 0 aliphatic heterocycles. The summed E-state index contributed by atoms with van der Waals surface area (Å²) in [6.45, 7) is 4.56. The number of pyridine rings is 1. The zero-order chi connectivity index (χ0) is 17.6. The molecule has 0 aliphatic carbocycles. The number of nitrogens with one attached hydrogen (secondary N) is 2. The van der Waals surface area contributed by atoms with E-state index in [1.807, 2.05) is 56.4 Å². The summed E-state index contributed by atoms with van der Waals surface area (Å²) in [6.07, 6.45) is 3.59. The molecule has 0 saturated carbocycles. The Balaban J connectivity index is 1.79. The van der Waals surface area contributed by atoms with Gasteiger partial charge in [-0.3, -0.25) is 4.98 Å². The Morgan fingerprint density at radius 2 is 1.88 bits per heavy atom. The van der Waals surface area contributed by atoms with Gasteiger partial charge in [-0.25, -0.2) is 9.97 Å². The highest BCUT2D eigenvalue weighted by Crippen LogP contribution is 2.28. The van der Waals surface area contributed by atoms with Gasteiger partial charge in [-0.15, -0.1) is 0 Å². The molecule has 3 aromatic rings. The van der Waals surface area contributed by atoms with E-state index >= 15 is 0 Å². The first-order valence-corrected chi connectivity index (χ1v) is 8.04. The van der Waals surface area contributed by atoms with Crippen molar-refractivity contribution in [3.8, 4) is 5.75 Å². The van der Waals surface area contributed by atoms with Crippen LogP contribution in [0.4, 0.5) is 17.3 Å². The van der Waals surface area contributed by atoms with Crippen molar-refractivity contribution in [3.63, 3.8) is 0 Å². The van der Waals surface area contributed by atoms with Gasteiger partial charge in [-0.1, -0.05) is 12.1 Å². The van der Waals surface area contributed by atoms with Crippen LogP contribution < -0.4 is 15.4 Å². The number of hydrogen-bond donors (Lipinski definition) is 2. The summed E-state index contributed by atoms with van der Waals surface area (Å²) < 4.78 is 5.41. The zero-order valence-electron chi connectivity index (χ0n) is 14.6. The third kappa shape index (κ3) is 4.44. The number of benzene rings is 1. The van der Waals surface area contributed by atoms with E-state index in [-0.39, 0.29) is 0 Å². The minimum Gasteiger partial charge on any atom is -0.495 e. The first-order valence-electron chi connectivity index (χ1n) is 8.04. The molecule has 2 N–H and O–H groups in total. The smallest absolute Gasteiger partial charge is 0.142 e. The van der Waals surface area contributed by atoms with Crippen LogP contribution in [0.3, 0.4) is 0 Å². The standard InChI is InChI=1S/C19H21N5O/c1-13-6-7-17(25-3)16(9-13)24-19-10-18(22-14(2)23-19)21-12-15-5-4-8-20-11-15/h4-11H,12H2,1-3H3,(H2,21,22,23,24). The van der Waals surface area contributed by atoms with Crippen LogP contribution in [0.15, 0.2) is 48.8 Å². The van der Waals surface area contributed by atoms with Gasteiger partial charge in [0, 0.05) is 25.0 Å². The van der Waals surface area contributed by atoms with Gasteiger partial charge in [0.1, 0.15) is 23.2 Å². The largest absolute Gasteiger partial charge is 0.495 e. The highest BCUT2D eigenvalue weighted by atomic mass is 16.5. The van der Waals surface area contributed by atoms with Gasteiger partial charge in [0.05, 0.1) is 12.8 Å². The van der Waals surface area contributed by atoms with Crippen LogP contribution in [-0.4, -0.2) is 22.1 Å². The molecule has 0 fully saturated rings. The van der Waals surface area contributed by atoms with Crippen LogP contribution in [0.1, 0.15) is 17.0 Å². The molecule has 2 heterocycles. The number of aromatic nitrogens is 3. The van der Waals surface area contributed by atoms with Gasteiger partial charge in [-0.2, -0.15) is 0 Å². The number of rotatable bonds is 6. The van der Waals surface area contributed by atoms with Crippen LogP contribution >= 0.6 is 0 Å². The van der Waals surface area contributed by atoms with E-state index in [2.05, 4.69) is 25.6 Å². The Morgan fingerprint density at radius 3 is 2.64 bits per heavy atom. The van der Waals surface area contributed by atoms with Gasteiger partial charge in [-0.05, 0) is 43.2 Å². The van der Waals surface area contributed by atoms with Crippen molar-refractivity contribution in [2.45, 2.75) is 20.4 Å². The summed E-state index contributed by atoms with van der Waals surface area (Å²) in [7, 11) is 1.65. The lowest BCUT2D eigenvalue weighted by Crippen LogP contribution is -2.05. The van der Waals surface area contributed by atoms with Gasteiger partial charge in [0.25, 0.3) is 0 Å². The fraction of sp³-hybridized carbons (Fsp3) is 0.211. The summed E-state index contributed by atoms with van der Waals surface area (Å²) in [4.78, 5) is 13.0. The van der Waals surface area contributed by atoms with Gasteiger partial charge in [0.2, 0.25) is 0 Å². The molecule has 0 radical (unpaired) electrons. The van der Waals surface area contributed by atoms with Crippen molar-refractivity contribution in [1.29, 1.82) is 0 Å². The van der Waals surface area contributed by atoms with Crippen molar-refractivity contribution in [2.75, 3.05) is 17.7 Å². The van der Waals surface area contributed by atoms with Gasteiger partial charge < -0.3 is 15.4 Å². The topological polar surface area (TPSA) is 72.0 Å². The molecule has 0 spiro atoms. The molecular weight excluding hydrogens is 314 g/mol. The molecule has 6 heteroatoms. The lowest BCUT2D eigenvalue weighted by atomic mass is 10.2. The molecule has 0 atom stereocenters. The summed E-state index contributed by atoms with van der Waals surface area (Å²) in [6, 6.07) is 11.8. The van der Waals surface area contributed by atoms with Crippen LogP contribution in [0.5, 0.6) is 5.75 Å². The van der Waals surface area contributed by atoms with E-state index in [0.717, 1.165) is 28.4 Å². The monoisotopic (exact) mass is 335 g/mol. The lowest BCUT2D eigenvalue weighted by Gasteiger charge is -2.13. The predicted octanol–water partition coefficient (Wildman–Crippen LogP) is 3.85. The molecule has 3 rings (SSSR count). The van der Waals surface area contributed by atoms with E-state index in [4.69, 9.17) is 4.74 Å². The van der Waals surface area contributed by atoms with E-state index in [9.17, 15) is 0 Å². The van der Waals surface area contributed by atoms with Crippen molar-refractivity contribution in [2.24, 2.45) is 0 Å². The van der Waals surface area contributed by atoms with Crippen molar-refractivity contribution < 1.29 is 4.74 Å². The first kappa shape index (κ1) is 16.7. The normalized spacial score (nSPS) is 10.4. The summed E-state index contributed by atoms with van der Waals surface area (Å²) in [5.74, 6) is 2.92. The van der Waals surface area contributed by atoms with Crippen LogP contribution in [0.25, 0.3) is 0 Å². The molecule has 6 nitrogen and oxygen atoms in total. The lowest BCUT2D eigenvalue weighted by molar-refractivity contribution is 0.416. The summed E-state index contributed by atoms with van der Waals surface area (Å²) >= 11 is 0.